The molecule has 0 heterocycles. The van der Waals surface area contributed by atoms with Crippen LogP contribution in [-0.4, -0.2) is 10.2 Å². The van der Waals surface area contributed by atoms with Gasteiger partial charge in [-0.05, 0) is 56.1 Å². The lowest BCUT2D eigenvalue weighted by Crippen LogP contribution is -1.78. The van der Waals surface area contributed by atoms with Gasteiger partial charge in [-0.3, -0.25) is 0 Å². The highest BCUT2D eigenvalue weighted by atomic mass is 79.9. The molecule has 0 aliphatic carbocycles. The second-order valence-electron chi connectivity index (χ2n) is 2.89. The van der Waals surface area contributed by atoms with Gasteiger partial charge in [0.25, 0.3) is 0 Å². The maximum Gasteiger partial charge on any atom is 0.130 e. The molecule has 2 aromatic rings. The van der Waals surface area contributed by atoms with Crippen LogP contribution in [0.1, 0.15) is 27.7 Å². The fourth-order valence-electron chi connectivity index (χ4n) is 1.31. The Kier molecular flexibility index (Phi) is 8.03. The summed E-state index contributed by atoms with van der Waals surface area (Å²) in [5.41, 5.74) is 0. The monoisotopic (exact) mass is 376 g/mol. The molecular weight excluding hydrogens is 360 g/mol. The lowest BCUT2D eigenvalue weighted by molar-refractivity contribution is 0.470. The van der Waals surface area contributed by atoms with Crippen molar-refractivity contribution < 1.29 is 10.2 Å². The third-order valence-electron chi connectivity index (χ3n) is 2.03. The topological polar surface area (TPSA) is 40.5 Å². The molecule has 2 aromatic carbocycles. The summed E-state index contributed by atoms with van der Waals surface area (Å²) >= 11 is 6.57. The SMILES string of the molecule is CC.CC.Oc1ccc2c(Br)c(O)ccc2c1Br. The molecule has 0 aromatic heterocycles. The minimum atomic E-state index is 0.190. The number of benzene rings is 2. The van der Waals surface area contributed by atoms with E-state index in [1.165, 1.54) is 0 Å². The molecule has 0 saturated heterocycles. The second kappa shape index (κ2) is 8.38. The summed E-state index contributed by atoms with van der Waals surface area (Å²) in [4.78, 5) is 0. The average molecular weight is 378 g/mol. The van der Waals surface area contributed by atoms with Gasteiger partial charge in [-0.25, -0.2) is 0 Å². The first-order valence-electron chi connectivity index (χ1n) is 5.90. The Hall–Kier alpha value is -0.740. The summed E-state index contributed by atoms with van der Waals surface area (Å²) in [5.74, 6) is 0.380. The van der Waals surface area contributed by atoms with Crippen LogP contribution in [0.2, 0.25) is 0 Å². The largest absolute Gasteiger partial charge is 0.507 e. The first-order valence-corrected chi connectivity index (χ1v) is 7.48. The zero-order valence-corrected chi connectivity index (χ0v) is 14.1. The Labute approximate surface area is 125 Å². The zero-order chi connectivity index (χ0) is 14.3. The molecule has 2 N–H and O–H groups in total. The maximum absolute atomic E-state index is 9.45. The zero-order valence-electron chi connectivity index (χ0n) is 11.0. The molecule has 0 fully saturated rings. The van der Waals surface area contributed by atoms with Gasteiger partial charge >= 0.3 is 0 Å². The standard InChI is InChI=1S/C10H6Br2O2.2C2H6/c11-9-5-1-3-7(13)10(12)6(5)2-4-8(9)14;2*1-2/h1-4,13-14H;2*1-2H3. The Bertz CT molecular complexity index is 463. The van der Waals surface area contributed by atoms with Gasteiger partial charge in [0.05, 0.1) is 8.95 Å². The Morgan fingerprint density at radius 2 is 0.944 bits per heavy atom. The summed E-state index contributed by atoms with van der Waals surface area (Å²) in [6.07, 6.45) is 0. The van der Waals surface area contributed by atoms with E-state index < -0.39 is 0 Å². The quantitative estimate of drug-likeness (QED) is 0.606. The normalized spacial score (nSPS) is 9.00. The smallest absolute Gasteiger partial charge is 0.130 e. The molecule has 4 heteroatoms. The van der Waals surface area contributed by atoms with Crippen molar-refractivity contribution in [2.75, 3.05) is 0 Å². The summed E-state index contributed by atoms with van der Waals surface area (Å²) < 4.78 is 1.27. The number of phenolic OH excluding ortho intramolecular Hbond substituents is 2. The molecule has 0 amide bonds. The van der Waals surface area contributed by atoms with Crippen LogP contribution in [0.25, 0.3) is 10.8 Å². The highest BCUT2D eigenvalue weighted by Crippen LogP contribution is 2.38. The van der Waals surface area contributed by atoms with Gasteiger partial charge in [0.15, 0.2) is 0 Å². The highest BCUT2D eigenvalue weighted by molar-refractivity contribution is 9.11. The highest BCUT2D eigenvalue weighted by Gasteiger charge is 2.08. The van der Waals surface area contributed by atoms with Crippen LogP contribution in [-0.2, 0) is 0 Å². The van der Waals surface area contributed by atoms with Gasteiger partial charge < -0.3 is 10.2 Å². The fourth-order valence-corrected chi connectivity index (χ4v) is 2.27. The van der Waals surface area contributed by atoms with Crippen LogP contribution in [0.3, 0.4) is 0 Å². The third-order valence-corrected chi connectivity index (χ3v) is 3.70. The predicted octanol–water partition coefficient (Wildman–Crippen LogP) is 5.83. The van der Waals surface area contributed by atoms with E-state index >= 15 is 0 Å². The van der Waals surface area contributed by atoms with Crippen LogP contribution in [0.4, 0.5) is 0 Å². The van der Waals surface area contributed by atoms with E-state index in [0.29, 0.717) is 8.95 Å². The molecule has 0 saturated carbocycles. The van der Waals surface area contributed by atoms with Gasteiger partial charge in [0, 0.05) is 10.8 Å². The summed E-state index contributed by atoms with van der Waals surface area (Å²) in [6, 6.07) is 6.66. The van der Waals surface area contributed by atoms with Crippen molar-refractivity contribution in [3.05, 3.63) is 33.2 Å². The molecule has 0 spiro atoms. The molecule has 100 valence electrons. The van der Waals surface area contributed by atoms with Gasteiger partial charge in [-0.15, -0.1) is 0 Å². The Morgan fingerprint density at radius 3 is 1.22 bits per heavy atom. The van der Waals surface area contributed by atoms with Crippen LogP contribution in [0.5, 0.6) is 11.5 Å². The molecule has 0 radical (unpaired) electrons. The van der Waals surface area contributed by atoms with E-state index in [-0.39, 0.29) is 11.5 Å². The van der Waals surface area contributed by atoms with Crippen molar-refractivity contribution in [3.8, 4) is 11.5 Å². The molecule has 0 aliphatic heterocycles. The van der Waals surface area contributed by atoms with Crippen molar-refractivity contribution in [2.45, 2.75) is 27.7 Å². The summed E-state index contributed by atoms with van der Waals surface area (Å²) in [7, 11) is 0. The minimum absolute atomic E-state index is 0.190. The fraction of sp³-hybridized carbons (Fsp3) is 0.286. The number of hydrogen-bond donors (Lipinski definition) is 2. The Balaban J connectivity index is 0.000000659. The van der Waals surface area contributed by atoms with E-state index in [0.717, 1.165) is 10.8 Å². The van der Waals surface area contributed by atoms with E-state index in [1.807, 2.05) is 27.7 Å². The van der Waals surface area contributed by atoms with Crippen molar-refractivity contribution in [2.24, 2.45) is 0 Å². The van der Waals surface area contributed by atoms with Crippen molar-refractivity contribution in [3.63, 3.8) is 0 Å². The van der Waals surface area contributed by atoms with Gasteiger partial charge in [-0.1, -0.05) is 27.7 Å². The van der Waals surface area contributed by atoms with E-state index in [9.17, 15) is 10.2 Å². The third kappa shape index (κ3) is 3.62. The van der Waals surface area contributed by atoms with Crippen molar-refractivity contribution in [1.29, 1.82) is 0 Å². The molecule has 2 nitrogen and oxygen atoms in total. The van der Waals surface area contributed by atoms with Gasteiger partial charge in [-0.2, -0.15) is 0 Å². The lowest BCUT2D eigenvalue weighted by Gasteiger charge is -2.06. The van der Waals surface area contributed by atoms with Crippen LogP contribution >= 0.6 is 31.9 Å². The predicted molar refractivity (Wildman–Crippen MR) is 85.4 cm³/mol. The minimum Gasteiger partial charge on any atom is -0.507 e. The second-order valence-corrected chi connectivity index (χ2v) is 4.48. The number of rotatable bonds is 0. The van der Waals surface area contributed by atoms with E-state index in [1.54, 1.807) is 24.3 Å². The van der Waals surface area contributed by atoms with Gasteiger partial charge in [0.1, 0.15) is 11.5 Å². The first-order chi connectivity index (χ1) is 8.61. The number of halogens is 2. The number of fused-ring (bicyclic) bond motifs is 1. The summed E-state index contributed by atoms with van der Waals surface area (Å²) in [5, 5.41) is 20.6. The van der Waals surface area contributed by atoms with E-state index in [4.69, 9.17) is 0 Å². The molecule has 0 bridgehead atoms. The number of phenols is 2. The Morgan fingerprint density at radius 1 is 0.667 bits per heavy atom. The van der Waals surface area contributed by atoms with Crippen LogP contribution in [0.15, 0.2) is 33.2 Å². The average Bonchev–Trinajstić information content (AvgIpc) is 2.43. The van der Waals surface area contributed by atoms with Crippen LogP contribution in [0, 0.1) is 0 Å². The van der Waals surface area contributed by atoms with Gasteiger partial charge in [0.2, 0.25) is 0 Å². The molecule has 0 unspecified atom stereocenters. The molecule has 0 aliphatic rings. The van der Waals surface area contributed by atoms with E-state index in [2.05, 4.69) is 31.9 Å². The molecule has 18 heavy (non-hydrogen) atoms. The number of aromatic hydroxyl groups is 2. The molecular formula is C14H18Br2O2. The maximum atomic E-state index is 9.45. The molecule has 2 rings (SSSR count). The van der Waals surface area contributed by atoms with Crippen molar-refractivity contribution >= 4 is 42.6 Å². The first kappa shape index (κ1) is 17.3. The summed E-state index contributed by atoms with van der Waals surface area (Å²) in [6.45, 7) is 8.00. The van der Waals surface area contributed by atoms with Crippen molar-refractivity contribution in [1.82, 2.24) is 0 Å². The number of hydrogen-bond acceptors (Lipinski definition) is 2. The van der Waals surface area contributed by atoms with Crippen LogP contribution < -0.4 is 0 Å². The lowest BCUT2D eigenvalue weighted by atomic mass is 10.1. The molecule has 0 atom stereocenters.